The number of rotatable bonds is 4. The topological polar surface area (TPSA) is 58.2 Å². The summed E-state index contributed by atoms with van der Waals surface area (Å²) in [4.78, 5) is 16.0. The molecule has 1 aromatic carbocycles. The van der Waals surface area contributed by atoms with Crippen molar-refractivity contribution < 1.29 is 18.3 Å². The largest absolute Gasteiger partial charge is 0.373 e. The van der Waals surface area contributed by atoms with E-state index in [1.807, 2.05) is 35.7 Å². The number of aromatic nitrogens is 2. The van der Waals surface area contributed by atoms with Crippen molar-refractivity contribution in [1.29, 1.82) is 0 Å². The summed E-state index contributed by atoms with van der Waals surface area (Å²) >= 11 is 0. The molecule has 134 valence electrons. The molecular weight excluding hydrogens is 333 g/mol. The number of carbonyl (C=O) groups excluding carboxylic acids is 1. The molecule has 0 aliphatic carbocycles. The molecule has 2 aromatic heterocycles. The Morgan fingerprint density at radius 1 is 1.31 bits per heavy atom. The number of nitrogens with one attached hydrogen (secondary N) is 2. The van der Waals surface area contributed by atoms with Crippen molar-refractivity contribution in [2.45, 2.75) is 25.4 Å². The molecule has 1 aliphatic rings. The number of nitrogens with zero attached hydrogens (tertiary/aromatic N) is 1. The number of hydrogen-bond donors (Lipinski definition) is 2. The minimum atomic E-state index is -0.301. The quantitative estimate of drug-likeness (QED) is 0.708. The van der Waals surface area contributed by atoms with E-state index in [-0.39, 0.29) is 17.3 Å². The second-order valence-electron chi connectivity index (χ2n) is 6.90. The first kappa shape index (κ1) is 16.7. The van der Waals surface area contributed by atoms with Crippen molar-refractivity contribution >= 4 is 11.4 Å². The molecule has 1 amide bonds. The normalized spacial score (nSPS) is 19.8. The van der Waals surface area contributed by atoms with E-state index in [9.17, 15) is 9.18 Å². The molecule has 0 saturated carbocycles. The number of pyridine rings is 1. The van der Waals surface area contributed by atoms with Gasteiger partial charge in [0.25, 0.3) is 11.7 Å². The lowest BCUT2D eigenvalue weighted by atomic mass is 10.0. The highest BCUT2D eigenvalue weighted by Gasteiger charge is 2.32. The Morgan fingerprint density at radius 2 is 2.12 bits per heavy atom. The van der Waals surface area contributed by atoms with Crippen LogP contribution in [0.1, 0.15) is 30.3 Å². The molecule has 1 unspecified atom stereocenters. The molecule has 1 aliphatic heterocycles. The SMILES string of the molecule is CC1(CNC(=O)c2[nH]c(-c3ccc(F)cc3)[n+]3ccccc23)CCCO1. The number of benzene rings is 1. The molecule has 0 radical (unpaired) electrons. The van der Waals surface area contributed by atoms with Crippen molar-refractivity contribution in [1.82, 2.24) is 10.3 Å². The van der Waals surface area contributed by atoms with Crippen LogP contribution in [0.5, 0.6) is 0 Å². The summed E-state index contributed by atoms with van der Waals surface area (Å²) in [6.45, 7) is 3.23. The number of aromatic amines is 1. The van der Waals surface area contributed by atoms with Crippen molar-refractivity contribution in [3.8, 4) is 11.4 Å². The Morgan fingerprint density at radius 3 is 2.85 bits per heavy atom. The van der Waals surface area contributed by atoms with Gasteiger partial charge in [0, 0.05) is 13.2 Å². The summed E-state index contributed by atoms with van der Waals surface area (Å²) in [5.74, 6) is 0.255. The van der Waals surface area contributed by atoms with E-state index in [0.717, 1.165) is 36.4 Å². The maximum Gasteiger partial charge on any atom is 0.295 e. The zero-order chi connectivity index (χ0) is 18.1. The third kappa shape index (κ3) is 3.08. The summed E-state index contributed by atoms with van der Waals surface area (Å²) in [7, 11) is 0. The molecule has 3 aromatic rings. The van der Waals surface area contributed by atoms with Gasteiger partial charge < -0.3 is 10.1 Å². The molecule has 4 rings (SSSR count). The van der Waals surface area contributed by atoms with Crippen LogP contribution in [0.4, 0.5) is 4.39 Å². The van der Waals surface area contributed by atoms with Crippen molar-refractivity contribution in [2.75, 3.05) is 13.2 Å². The summed E-state index contributed by atoms with van der Waals surface area (Å²) in [5.41, 5.74) is 1.75. The Labute approximate surface area is 150 Å². The third-order valence-electron chi connectivity index (χ3n) is 4.87. The van der Waals surface area contributed by atoms with Crippen LogP contribution in [-0.4, -0.2) is 29.6 Å². The fourth-order valence-electron chi connectivity index (χ4n) is 3.41. The summed E-state index contributed by atoms with van der Waals surface area (Å²) < 4.78 is 20.9. The van der Waals surface area contributed by atoms with Gasteiger partial charge in [-0.05, 0) is 56.2 Å². The highest BCUT2D eigenvalue weighted by atomic mass is 19.1. The lowest BCUT2D eigenvalue weighted by Crippen LogP contribution is -2.40. The van der Waals surface area contributed by atoms with Gasteiger partial charge in [0.2, 0.25) is 5.69 Å². The van der Waals surface area contributed by atoms with E-state index in [0.29, 0.717) is 12.2 Å². The Hall–Kier alpha value is -2.73. The minimum Gasteiger partial charge on any atom is -0.373 e. The predicted molar refractivity (Wildman–Crippen MR) is 95.3 cm³/mol. The number of halogens is 1. The second kappa shape index (κ2) is 6.53. The van der Waals surface area contributed by atoms with Gasteiger partial charge in [0.05, 0.1) is 17.4 Å². The van der Waals surface area contributed by atoms with Crippen LogP contribution >= 0.6 is 0 Å². The summed E-state index contributed by atoms with van der Waals surface area (Å²) in [5, 5.41) is 2.98. The summed E-state index contributed by atoms with van der Waals surface area (Å²) in [6.07, 6.45) is 3.83. The van der Waals surface area contributed by atoms with E-state index in [1.54, 1.807) is 12.1 Å². The Balaban J connectivity index is 1.67. The van der Waals surface area contributed by atoms with Crippen LogP contribution in [0.15, 0.2) is 48.7 Å². The first-order valence-electron chi connectivity index (χ1n) is 8.76. The lowest BCUT2D eigenvalue weighted by molar-refractivity contribution is -0.498. The van der Waals surface area contributed by atoms with Crippen LogP contribution in [0.25, 0.3) is 16.9 Å². The highest BCUT2D eigenvalue weighted by Crippen LogP contribution is 2.24. The monoisotopic (exact) mass is 354 g/mol. The Bertz CT molecular complexity index is 943. The number of hydrogen-bond acceptors (Lipinski definition) is 2. The Kier molecular flexibility index (Phi) is 4.20. The molecule has 1 fully saturated rings. The number of amides is 1. The zero-order valence-corrected chi connectivity index (χ0v) is 14.6. The highest BCUT2D eigenvalue weighted by molar-refractivity contribution is 5.98. The third-order valence-corrected chi connectivity index (χ3v) is 4.87. The number of imidazole rings is 1. The molecule has 1 saturated heterocycles. The van der Waals surface area contributed by atoms with Gasteiger partial charge in [-0.3, -0.25) is 4.79 Å². The number of ether oxygens (including phenoxy) is 1. The van der Waals surface area contributed by atoms with Gasteiger partial charge in [0.1, 0.15) is 5.82 Å². The molecule has 0 spiro atoms. The molecule has 6 heteroatoms. The number of fused-ring (bicyclic) bond motifs is 1. The fraction of sp³-hybridized carbons (Fsp3) is 0.300. The van der Waals surface area contributed by atoms with Crippen LogP contribution in [0.2, 0.25) is 0 Å². The number of H-pyrrole nitrogens is 1. The van der Waals surface area contributed by atoms with Gasteiger partial charge in [-0.1, -0.05) is 6.07 Å². The maximum absolute atomic E-state index is 13.2. The van der Waals surface area contributed by atoms with Crippen LogP contribution < -0.4 is 9.72 Å². The fourth-order valence-corrected chi connectivity index (χ4v) is 3.41. The smallest absolute Gasteiger partial charge is 0.295 e. The van der Waals surface area contributed by atoms with Gasteiger partial charge in [-0.2, -0.15) is 4.40 Å². The average molecular weight is 354 g/mol. The number of carbonyl (C=O) groups is 1. The van der Waals surface area contributed by atoms with E-state index in [4.69, 9.17) is 4.74 Å². The van der Waals surface area contributed by atoms with Crippen molar-refractivity contribution in [3.05, 3.63) is 60.2 Å². The first-order valence-corrected chi connectivity index (χ1v) is 8.76. The van der Waals surface area contributed by atoms with Gasteiger partial charge in [-0.25, -0.2) is 9.37 Å². The summed E-state index contributed by atoms with van der Waals surface area (Å²) in [6, 6.07) is 11.9. The van der Waals surface area contributed by atoms with Crippen molar-refractivity contribution in [3.63, 3.8) is 0 Å². The standard InChI is InChI=1S/C20H20FN3O2/c1-20(10-4-12-26-20)13-22-19(25)17-16-5-2-3-11-24(16)18(23-17)14-6-8-15(21)9-7-14/h2-3,5-9,11H,4,10,12-13H2,1H3,(H,22,25)/p+1. The first-order chi connectivity index (χ1) is 12.6. The molecular formula is C20H21FN3O2+. The van der Waals surface area contributed by atoms with Crippen LogP contribution in [0.3, 0.4) is 0 Å². The maximum atomic E-state index is 13.2. The molecule has 2 N–H and O–H groups in total. The second-order valence-corrected chi connectivity index (χ2v) is 6.90. The van der Waals surface area contributed by atoms with E-state index >= 15 is 0 Å². The van der Waals surface area contributed by atoms with Crippen molar-refractivity contribution in [2.24, 2.45) is 0 Å². The molecule has 0 bridgehead atoms. The molecule has 1 atom stereocenters. The molecule has 26 heavy (non-hydrogen) atoms. The van der Waals surface area contributed by atoms with E-state index in [1.165, 1.54) is 12.1 Å². The van der Waals surface area contributed by atoms with Gasteiger partial charge in [0.15, 0.2) is 5.52 Å². The van der Waals surface area contributed by atoms with Crippen LogP contribution in [-0.2, 0) is 4.74 Å². The van der Waals surface area contributed by atoms with Crippen LogP contribution in [0, 0.1) is 5.82 Å². The average Bonchev–Trinajstić information content (AvgIpc) is 3.25. The zero-order valence-electron chi connectivity index (χ0n) is 14.6. The van der Waals surface area contributed by atoms with E-state index in [2.05, 4.69) is 10.3 Å². The van der Waals surface area contributed by atoms with Gasteiger partial charge in [-0.15, -0.1) is 0 Å². The minimum absolute atomic E-state index is 0.182. The van der Waals surface area contributed by atoms with Gasteiger partial charge >= 0.3 is 0 Å². The lowest BCUT2D eigenvalue weighted by Gasteiger charge is -2.22. The molecule has 5 nitrogen and oxygen atoms in total. The molecule has 3 heterocycles. The van der Waals surface area contributed by atoms with E-state index < -0.39 is 0 Å². The predicted octanol–water partition coefficient (Wildman–Crippen LogP) is 2.86.